The quantitative estimate of drug-likeness (QED) is 0.857. The SMILES string of the molecule is CCCNCc1nc(-c2cccc(C(F)(F)F)c2)no1. The molecule has 0 aliphatic heterocycles. The van der Waals surface area contributed by atoms with Gasteiger partial charge >= 0.3 is 6.18 Å². The van der Waals surface area contributed by atoms with Crippen LogP contribution in [0.25, 0.3) is 11.4 Å². The highest BCUT2D eigenvalue weighted by Crippen LogP contribution is 2.31. The summed E-state index contributed by atoms with van der Waals surface area (Å²) < 4.78 is 42.8. The molecule has 7 heteroatoms. The summed E-state index contributed by atoms with van der Waals surface area (Å²) in [6, 6.07) is 4.86. The van der Waals surface area contributed by atoms with Crippen LogP contribution in [0.2, 0.25) is 0 Å². The molecule has 1 aromatic heterocycles. The minimum atomic E-state index is -4.38. The van der Waals surface area contributed by atoms with E-state index < -0.39 is 11.7 Å². The summed E-state index contributed by atoms with van der Waals surface area (Å²) in [4.78, 5) is 4.07. The van der Waals surface area contributed by atoms with Crippen molar-refractivity contribution in [3.63, 3.8) is 0 Å². The third kappa shape index (κ3) is 3.57. The maximum Gasteiger partial charge on any atom is 0.416 e. The molecule has 4 nitrogen and oxygen atoms in total. The molecule has 0 bridgehead atoms. The Hall–Kier alpha value is -1.89. The van der Waals surface area contributed by atoms with Crippen LogP contribution in [0.1, 0.15) is 24.8 Å². The van der Waals surface area contributed by atoms with E-state index in [-0.39, 0.29) is 11.4 Å². The number of aromatic nitrogens is 2. The van der Waals surface area contributed by atoms with Crippen molar-refractivity contribution < 1.29 is 17.7 Å². The molecule has 108 valence electrons. The van der Waals surface area contributed by atoms with E-state index in [1.54, 1.807) is 0 Å². The van der Waals surface area contributed by atoms with Gasteiger partial charge in [-0.2, -0.15) is 18.2 Å². The van der Waals surface area contributed by atoms with Gasteiger partial charge in [0.2, 0.25) is 11.7 Å². The molecule has 0 aliphatic rings. The first-order chi connectivity index (χ1) is 9.50. The van der Waals surface area contributed by atoms with Crippen LogP contribution in [-0.4, -0.2) is 16.7 Å². The van der Waals surface area contributed by atoms with Gasteiger partial charge in [0.1, 0.15) is 0 Å². The second-order valence-electron chi connectivity index (χ2n) is 4.27. The topological polar surface area (TPSA) is 51.0 Å². The van der Waals surface area contributed by atoms with E-state index in [0.717, 1.165) is 25.1 Å². The molecule has 0 unspecified atom stereocenters. The predicted molar refractivity (Wildman–Crippen MR) is 66.7 cm³/mol. The van der Waals surface area contributed by atoms with Gasteiger partial charge in [-0.1, -0.05) is 24.2 Å². The maximum absolute atomic E-state index is 12.6. The zero-order valence-corrected chi connectivity index (χ0v) is 10.9. The number of hydrogen-bond acceptors (Lipinski definition) is 4. The highest BCUT2D eigenvalue weighted by atomic mass is 19.4. The van der Waals surface area contributed by atoms with Gasteiger partial charge in [0.15, 0.2) is 0 Å². The van der Waals surface area contributed by atoms with Crippen LogP contribution < -0.4 is 5.32 Å². The Morgan fingerprint density at radius 2 is 2.10 bits per heavy atom. The fraction of sp³-hybridized carbons (Fsp3) is 0.385. The lowest BCUT2D eigenvalue weighted by molar-refractivity contribution is -0.137. The molecular formula is C13H14F3N3O. The Labute approximate surface area is 114 Å². The molecule has 0 amide bonds. The van der Waals surface area contributed by atoms with Crippen molar-refractivity contribution >= 4 is 0 Å². The van der Waals surface area contributed by atoms with Gasteiger partial charge in [0, 0.05) is 5.56 Å². The van der Waals surface area contributed by atoms with Crippen LogP contribution in [0.5, 0.6) is 0 Å². The lowest BCUT2D eigenvalue weighted by Crippen LogP contribution is -2.13. The fourth-order valence-electron chi connectivity index (χ4n) is 1.65. The minimum absolute atomic E-state index is 0.157. The first kappa shape index (κ1) is 14.5. The van der Waals surface area contributed by atoms with Crippen molar-refractivity contribution in [2.24, 2.45) is 0 Å². The van der Waals surface area contributed by atoms with E-state index >= 15 is 0 Å². The monoisotopic (exact) mass is 285 g/mol. The van der Waals surface area contributed by atoms with Crippen molar-refractivity contribution in [3.8, 4) is 11.4 Å². The summed E-state index contributed by atoms with van der Waals surface area (Å²) in [7, 11) is 0. The number of alkyl halides is 3. The third-order valence-corrected chi connectivity index (χ3v) is 2.62. The normalized spacial score (nSPS) is 11.8. The summed E-state index contributed by atoms with van der Waals surface area (Å²) >= 11 is 0. The average molecular weight is 285 g/mol. The van der Waals surface area contributed by atoms with Gasteiger partial charge in [-0.3, -0.25) is 0 Å². The van der Waals surface area contributed by atoms with Crippen molar-refractivity contribution in [3.05, 3.63) is 35.7 Å². The zero-order chi connectivity index (χ0) is 14.6. The lowest BCUT2D eigenvalue weighted by atomic mass is 10.1. The maximum atomic E-state index is 12.6. The van der Waals surface area contributed by atoms with E-state index in [9.17, 15) is 13.2 Å². The van der Waals surface area contributed by atoms with Crippen molar-refractivity contribution in [1.82, 2.24) is 15.5 Å². The molecular weight excluding hydrogens is 271 g/mol. The molecule has 0 radical (unpaired) electrons. The number of halogens is 3. The number of nitrogens with one attached hydrogen (secondary N) is 1. The van der Waals surface area contributed by atoms with Gasteiger partial charge in [0.05, 0.1) is 12.1 Å². The smallest absolute Gasteiger partial charge is 0.338 e. The second kappa shape index (κ2) is 6.04. The second-order valence-corrected chi connectivity index (χ2v) is 4.27. The first-order valence-electron chi connectivity index (χ1n) is 6.21. The van der Waals surface area contributed by atoms with Gasteiger partial charge in [-0.25, -0.2) is 0 Å². The summed E-state index contributed by atoms with van der Waals surface area (Å²) in [5.74, 6) is 0.510. The summed E-state index contributed by atoms with van der Waals surface area (Å²) in [6.45, 7) is 3.23. The van der Waals surface area contributed by atoms with E-state index in [2.05, 4.69) is 15.5 Å². The molecule has 20 heavy (non-hydrogen) atoms. The van der Waals surface area contributed by atoms with Crippen LogP contribution in [0.3, 0.4) is 0 Å². The van der Waals surface area contributed by atoms with E-state index in [1.165, 1.54) is 12.1 Å². The minimum Gasteiger partial charge on any atom is -0.338 e. The standard InChI is InChI=1S/C13H14F3N3O/c1-2-6-17-8-11-18-12(19-20-11)9-4-3-5-10(7-9)13(14,15)16/h3-5,7,17H,2,6,8H2,1H3. The van der Waals surface area contributed by atoms with Gasteiger partial charge in [-0.15, -0.1) is 0 Å². The van der Waals surface area contributed by atoms with Crippen LogP contribution in [0, 0.1) is 0 Å². The van der Waals surface area contributed by atoms with Gasteiger partial charge < -0.3 is 9.84 Å². The molecule has 0 aliphatic carbocycles. The number of hydrogen-bond donors (Lipinski definition) is 1. The molecule has 1 aromatic carbocycles. The number of benzene rings is 1. The molecule has 0 saturated heterocycles. The summed E-state index contributed by atoms with van der Waals surface area (Å²) in [6.07, 6.45) is -3.42. The number of rotatable bonds is 5. The molecule has 0 saturated carbocycles. The van der Waals surface area contributed by atoms with Gasteiger partial charge in [-0.05, 0) is 25.1 Å². The summed E-state index contributed by atoms with van der Waals surface area (Å²) in [5.41, 5.74) is -0.448. The first-order valence-corrected chi connectivity index (χ1v) is 6.21. The Morgan fingerprint density at radius 3 is 2.80 bits per heavy atom. The van der Waals surface area contributed by atoms with Crippen LogP contribution in [0.15, 0.2) is 28.8 Å². The highest BCUT2D eigenvalue weighted by molar-refractivity contribution is 5.55. The number of nitrogens with zero attached hydrogens (tertiary/aromatic N) is 2. The van der Waals surface area contributed by atoms with E-state index in [0.29, 0.717) is 12.4 Å². The molecule has 2 aromatic rings. The van der Waals surface area contributed by atoms with Crippen LogP contribution >= 0.6 is 0 Å². The zero-order valence-electron chi connectivity index (χ0n) is 10.9. The molecule has 1 heterocycles. The largest absolute Gasteiger partial charge is 0.416 e. The van der Waals surface area contributed by atoms with E-state index in [4.69, 9.17) is 4.52 Å². The Bertz CT molecular complexity index is 566. The third-order valence-electron chi connectivity index (χ3n) is 2.62. The molecule has 0 fully saturated rings. The average Bonchev–Trinajstić information content (AvgIpc) is 2.87. The fourth-order valence-corrected chi connectivity index (χ4v) is 1.65. The summed E-state index contributed by atoms with van der Waals surface area (Å²) in [5, 5.41) is 6.77. The highest BCUT2D eigenvalue weighted by Gasteiger charge is 2.30. The van der Waals surface area contributed by atoms with Crippen LogP contribution in [-0.2, 0) is 12.7 Å². The molecule has 2 rings (SSSR count). The molecule has 0 spiro atoms. The lowest BCUT2D eigenvalue weighted by Gasteiger charge is -2.06. The Kier molecular flexibility index (Phi) is 4.39. The van der Waals surface area contributed by atoms with Crippen molar-refractivity contribution in [2.45, 2.75) is 26.1 Å². The molecule has 0 atom stereocenters. The Balaban J connectivity index is 2.16. The van der Waals surface area contributed by atoms with Crippen molar-refractivity contribution in [2.75, 3.05) is 6.54 Å². The van der Waals surface area contributed by atoms with E-state index in [1.807, 2.05) is 6.92 Å². The van der Waals surface area contributed by atoms with Crippen molar-refractivity contribution in [1.29, 1.82) is 0 Å². The van der Waals surface area contributed by atoms with Gasteiger partial charge in [0.25, 0.3) is 0 Å². The predicted octanol–water partition coefficient (Wildman–Crippen LogP) is 3.26. The van der Waals surface area contributed by atoms with Crippen LogP contribution in [0.4, 0.5) is 13.2 Å². The molecule has 1 N–H and O–H groups in total. The Morgan fingerprint density at radius 1 is 1.30 bits per heavy atom.